The molecule has 0 saturated heterocycles. The molecule has 1 amide bonds. The number of nitrogens with one attached hydrogen (secondary N) is 1. The highest BCUT2D eigenvalue weighted by Crippen LogP contribution is 2.23. The zero-order valence-electron chi connectivity index (χ0n) is 15.9. The van der Waals surface area contributed by atoms with Crippen molar-refractivity contribution < 1.29 is 13.2 Å². The van der Waals surface area contributed by atoms with Gasteiger partial charge in [0.15, 0.2) is 0 Å². The highest BCUT2D eigenvalue weighted by molar-refractivity contribution is 7.92. The summed E-state index contributed by atoms with van der Waals surface area (Å²) in [5, 5.41) is 2.82. The fourth-order valence-corrected chi connectivity index (χ4v) is 3.88. The number of carbonyl (C=O) groups excluding carboxylic acids is 1. The van der Waals surface area contributed by atoms with Crippen LogP contribution in [-0.4, -0.2) is 26.6 Å². The first-order chi connectivity index (χ1) is 12.1. The number of carbonyl (C=O) groups is 1. The fraction of sp³-hybridized carbons (Fsp3) is 0.350. The highest BCUT2D eigenvalue weighted by atomic mass is 32.2. The van der Waals surface area contributed by atoms with E-state index in [9.17, 15) is 13.2 Å². The van der Waals surface area contributed by atoms with Gasteiger partial charge in [0.25, 0.3) is 0 Å². The van der Waals surface area contributed by atoms with Gasteiger partial charge in [-0.15, -0.1) is 0 Å². The van der Waals surface area contributed by atoms with Crippen LogP contribution in [0.25, 0.3) is 0 Å². The maximum atomic E-state index is 12.6. The molecule has 0 heterocycles. The molecule has 0 aliphatic rings. The van der Waals surface area contributed by atoms with Gasteiger partial charge in [-0.25, -0.2) is 8.42 Å². The standard InChI is InChI=1S/C20H26N2O3S/c1-14-6-9-18(10-7-14)13-21-20(23)17(4)22(26(5,24)25)19-11-8-15(2)16(3)12-19/h6-12,17H,13H2,1-5H3,(H,21,23)/t17-/m1/s1. The molecule has 1 atom stereocenters. The molecule has 2 aromatic rings. The summed E-state index contributed by atoms with van der Waals surface area (Å²) in [6.45, 7) is 7.83. The van der Waals surface area contributed by atoms with Crippen LogP contribution in [0.2, 0.25) is 0 Å². The Morgan fingerprint density at radius 3 is 2.19 bits per heavy atom. The number of amides is 1. The second-order valence-corrected chi connectivity index (χ2v) is 8.57. The molecule has 140 valence electrons. The van der Waals surface area contributed by atoms with E-state index in [2.05, 4.69) is 5.32 Å². The number of anilines is 1. The molecule has 0 fully saturated rings. The molecule has 5 nitrogen and oxygen atoms in total. The molecule has 0 aromatic heterocycles. The molecular formula is C20H26N2O3S. The quantitative estimate of drug-likeness (QED) is 0.845. The average molecular weight is 375 g/mol. The minimum Gasteiger partial charge on any atom is -0.350 e. The van der Waals surface area contributed by atoms with Crippen molar-refractivity contribution in [2.45, 2.75) is 40.3 Å². The third-order valence-corrected chi connectivity index (χ3v) is 5.66. The van der Waals surface area contributed by atoms with Gasteiger partial charge >= 0.3 is 0 Å². The van der Waals surface area contributed by atoms with Gasteiger partial charge in [-0.2, -0.15) is 0 Å². The van der Waals surface area contributed by atoms with E-state index in [1.54, 1.807) is 19.1 Å². The van der Waals surface area contributed by atoms with Crippen molar-refractivity contribution >= 4 is 21.6 Å². The number of sulfonamides is 1. The Kier molecular flexibility index (Phi) is 6.08. The molecule has 0 saturated carbocycles. The Hall–Kier alpha value is -2.34. The lowest BCUT2D eigenvalue weighted by molar-refractivity contribution is -0.122. The molecule has 6 heteroatoms. The largest absolute Gasteiger partial charge is 0.350 e. The summed E-state index contributed by atoms with van der Waals surface area (Å²) in [6.07, 6.45) is 1.12. The summed E-state index contributed by atoms with van der Waals surface area (Å²) in [4.78, 5) is 12.6. The molecule has 0 spiro atoms. The SMILES string of the molecule is Cc1ccc(CNC(=O)[C@@H](C)N(c2ccc(C)c(C)c2)S(C)(=O)=O)cc1. The van der Waals surface area contributed by atoms with Crippen LogP contribution < -0.4 is 9.62 Å². The van der Waals surface area contributed by atoms with Gasteiger partial charge in [0.05, 0.1) is 11.9 Å². The maximum Gasteiger partial charge on any atom is 0.243 e. The normalized spacial score (nSPS) is 12.5. The van der Waals surface area contributed by atoms with E-state index in [0.717, 1.165) is 28.5 Å². The van der Waals surface area contributed by atoms with Crippen LogP contribution in [0.4, 0.5) is 5.69 Å². The number of nitrogens with zero attached hydrogens (tertiary/aromatic N) is 1. The fourth-order valence-electron chi connectivity index (χ4n) is 2.71. The first kappa shape index (κ1) is 20.0. The number of benzene rings is 2. The topological polar surface area (TPSA) is 66.5 Å². The van der Waals surface area contributed by atoms with Gasteiger partial charge in [0, 0.05) is 6.54 Å². The van der Waals surface area contributed by atoms with Crippen molar-refractivity contribution in [2.75, 3.05) is 10.6 Å². The van der Waals surface area contributed by atoms with E-state index >= 15 is 0 Å². The van der Waals surface area contributed by atoms with Crippen molar-refractivity contribution in [3.05, 3.63) is 64.7 Å². The van der Waals surface area contributed by atoms with Crippen LogP contribution in [-0.2, 0) is 21.4 Å². The molecule has 0 aliphatic carbocycles. The van der Waals surface area contributed by atoms with Crippen molar-refractivity contribution in [1.29, 1.82) is 0 Å². The molecule has 0 unspecified atom stereocenters. The Morgan fingerprint density at radius 1 is 1.04 bits per heavy atom. The van der Waals surface area contributed by atoms with Gasteiger partial charge in [-0.3, -0.25) is 9.10 Å². The van der Waals surface area contributed by atoms with Gasteiger partial charge < -0.3 is 5.32 Å². The maximum absolute atomic E-state index is 12.6. The number of hydrogen-bond donors (Lipinski definition) is 1. The molecule has 0 radical (unpaired) electrons. The van der Waals surface area contributed by atoms with E-state index in [1.165, 1.54) is 4.31 Å². The summed E-state index contributed by atoms with van der Waals surface area (Å²) in [7, 11) is -3.61. The lowest BCUT2D eigenvalue weighted by Gasteiger charge is -2.28. The average Bonchev–Trinajstić information content (AvgIpc) is 2.56. The first-order valence-corrected chi connectivity index (χ1v) is 10.3. The molecular weight excluding hydrogens is 348 g/mol. The molecule has 26 heavy (non-hydrogen) atoms. The Morgan fingerprint density at radius 2 is 1.65 bits per heavy atom. The van der Waals surface area contributed by atoms with Crippen LogP contribution >= 0.6 is 0 Å². The van der Waals surface area contributed by atoms with Gasteiger partial charge in [-0.05, 0) is 56.5 Å². The summed E-state index contributed by atoms with van der Waals surface area (Å²) < 4.78 is 25.8. The molecule has 2 aromatic carbocycles. The predicted octanol–water partition coefficient (Wildman–Crippen LogP) is 3.08. The predicted molar refractivity (Wildman–Crippen MR) is 106 cm³/mol. The van der Waals surface area contributed by atoms with Crippen LogP contribution in [0.5, 0.6) is 0 Å². The number of hydrogen-bond acceptors (Lipinski definition) is 3. The molecule has 0 aliphatic heterocycles. The second kappa shape index (κ2) is 7.91. The lowest BCUT2D eigenvalue weighted by atomic mass is 10.1. The Bertz CT molecular complexity index is 890. The zero-order valence-corrected chi connectivity index (χ0v) is 16.7. The van der Waals surface area contributed by atoms with Gasteiger partial charge in [0.2, 0.25) is 15.9 Å². The zero-order chi connectivity index (χ0) is 19.5. The van der Waals surface area contributed by atoms with Crippen molar-refractivity contribution in [3.63, 3.8) is 0 Å². The highest BCUT2D eigenvalue weighted by Gasteiger charge is 2.29. The minimum absolute atomic E-state index is 0.339. The number of aryl methyl sites for hydroxylation is 3. The second-order valence-electron chi connectivity index (χ2n) is 6.71. The van der Waals surface area contributed by atoms with Crippen molar-refractivity contribution in [1.82, 2.24) is 5.32 Å². The van der Waals surface area contributed by atoms with E-state index in [-0.39, 0.29) is 5.91 Å². The third-order valence-electron chi connectivity index (χ3n) is 4.42. The summed E-state index contributed by atoms with van der Waals surface area (Å²) in [5.41, 5.74) is 4.65. The number of rotatable bonds is 6. The smallest absolute Gasteiger partial charge is 0.243 e. The molecule has 2 rings (SSSR count). The summed E-state index contributed by atoms with van der Waals surface area (Å²) >= 11 is 0. The van der Waals surface area contributed by atoms with E-state index < -0.39 is 16.1 Å². The monoisotopic (exact) mass is 374 g/mol. The van der Waals surface area contributed by atoms with Crippen LogP contribution in [0, 0.1) is 20.8 Å². The Balaban J connectivity index is 2.20. The minimum atomic E-state index is -3.61. The van der Waals surface area contributed by atoms with Gasteiger partial charge in [0.1, 0.15) is 6.04 Å². The Labute approximate surface area is 156 Å². The first-order valence-electron chi connectivity index (χ1n) is 8.49. The van der Waals surface area contributed by atoms with E-state index in [1.807, 2.05) is 51.1 Å². The molecule has 0 bridgehead atoms. The summed E-state index contributed by atoms with van der Waals surface area (Å²) in [6, 6.07) is 12.4. The van der Waals surface area contributed by atoms with Crippen molar-refractivity contribution in [3.8, 4) is 0 Å². The van der Waals surface area contributed by atoms with E-state index in [4.69, 9.17) is 0 Å². The van der Waals surface area contributed by atoms with Crippen LogP contribution in [0.3, 0.4) is 0 Å². The van der Waals surface area contributed by atoms with Gasteiger partial charge in [-0.1, -0.05) is 35.9 Å². The van der Waals surface area contributed by atoms with Crippen LogP contribution in [0.15, 0.2) is 42.5 Å². The summed E-state index contributed by atoms with van der Waals surface area (Å²) in [5.74, 6) is -0.339. The van der Waals surface area contributed by atoms with Crippen LogP contribution in [0.1, 0.15) is 29.2 Å². The lowest BCUT2D eigenvalue weighted by Crippen LogP contribution is -2.47. The van der Waals surface area contributed by atoms with E-state index in [0.29, 0.717) is 12.2 Å². The van der Waals surface area contributed by atoms with Crippen molar-refractivity contribution in [2.24, 2.45) is 0 Å². The third kappa shape index (κ3) is 4.85. The molecule has 1 N–H and O–H groups in total.